The maximum absolute atomic E-state index is 12.3. The van der Waals surface area contributed by atoms with Gasteiger partial charge in [-0.3, -0.25) is 4.79 Å². The molecule has 0 radical (unpaired) electrons. The van der Waals surface area contributed by atoms with Crippen LogP contribution < -0.4 is 11.1 Å². The van der Waals surface area contributed by atoms with Crippen LogP contribution in [0.2, 0.25) is 5.02 Å². The number of aromatic amines is 1. The number of fused-ring (bicyclic) bond motifs is 1. The Balaban J connectivity index is 1.70. The van der Waals surface area contributed by atoms with Crippen molar-refractivity contribution >= 4 is 28.4 Å². The molecule has 25 heavy (non-hydrogen) atoms. The lowest BCUT2D eigenvalue weighted by Crippen LogP contribution is -2.25. The van der Waals surface area contributed by atoms with Crippen LogP contribution in [0, 0.1) is 13.8 Å². The van der Waals surface area contributed by atoms with Gasteiger partial charge in [-0.25, -0.2) is 0 Å². The van der Waals surface area contributed by atoms with Gasteiger partial charge in [-0.15, -0.1) is 0 Å². The van der Waals surface area contributed by atoms with Crippen LogP contribution in [0.1, 0.15) is 32.7 Å². The van der Waals surface area contributed by atoms with Gasteiger partial charge in [0.1, 0.15) is 0 Å². The number of hydrogen-bond donors (Lipinski definition) is 3. The van der Waals surface area contributed by atoms with Crippen molar-refractivity contribution in [1.29, 1.82) is 0 Å². The molecule has 3 rings (SSSR count). The van der Waals surface area contributed by atoms with Crippen LogP contribution in [-0.2, 0) is 13.0 Å². The minimum atomic E-state index is -0.0738. The number of carbonyl (C=O) groups excluding carboxylic acids is 1. The molecule has 130 valence electrons. The molecule has 1 aromatic heterocycles. The molecule has 4 N–H and O–H groups in total. The molecule has 2 aromatic carbocycles. The number of benzene rings is 2. The summed E-state index contributed by atoms with van der Waals surface area (Å²) in [7, 11) is 0. The fourth-order valence-corrected chi connectivity index (χ4v) is 3.40. The third-order valence-corrected chi connectivity index (χ3v) is 4.72. The van der Waals surface area contributed by atoms with E-state index < -0.39 is 0 Å². The quantitative estimate of drug-likeness (QED) is 0.650. The number of aryl methyl sites for hydroxylation is 2. The van der Waals surface area contributed by atoms with Gasteiger partial charge in [-0.1, -0.05) is 23.7 Å². The first-order chi connectivity index (χ1) is 12.0. The molecular weight excluding hydrogens is 334 g/mol. The van der Waals surface area contributed by atoms with Crippen LogP contribution in [0.15, 0.2) is 36.4 Å². The minimum Gasteiger partial charge on any atom is -0.358 e. The first-order valence-corrected chi connectivity index (χ1v) is 8.72. The lowest BCUT2D eigenvalue weighted by Gasteiger charge is -2.07. The van der Waals surface area contributed by atoms with Crippen LogP contribution in [0.3, 0.4) is 0 Å². The van der Waals surface area contributed by atoms with Crippen LogP contribution in [-0.4, -0.2) is 17.4 Å². The van der Waals surface area contributed by atoms with Gasteiger partial charge in [0.05, 0.1) is 0 Å². The predicted octanol–water partition coefficient (Wildman–Crippen LogP) is 3.87. The maximum Gasteiger partial charge on any atom is 0.251 e. The highest BCUT2D eigenvalue weighted by Gasteiger charge is 2.12. The molecule has 0 atom stereocenters. The average molecular weight is 356 g/mol. The van der Waals surface area contributed by atoms with Crippen LogP contribution in [0.4, 0.5) is 0 Å². The molecule has 0 unspecified atom stereocenters. The monoisotopic (exact) mass is 355 g/mol. The van der Waals surface area contributed by atoms with Crippen molar-refractivity contribution in [2.45, 2.75) is 26.8 Å². The zero-order chi connectivity index (χ0) is 18.0. The van der Waals surface area contributed by atoms with Crippen molar-refractivity contribution in [2.75, 3.05) is 6.54 Å². The summed E-state index contributed by atoms with van der Waals surface area (Å²) in [4.78, 5) is 15.7. The summed E-state index contributed by atoms with van der Waals surface area (Å²) in [6.07, 6.45) is 0.748. The lowest BCUT2D eigenvalue weighted by atomic mass is 10.1. The molecule has 1 heterocycles. The summed E-state index contributed by atoms with van der Waals surface area (Å²) in [6, 6.07) is 11.3. The molecule has 0 saturated carbocycles. The van der Waals surface area contributed by atoms with E-state index in [9.17, 15) is 4.79 Å². The standard InChI is InChI=1S/C20H22ClN3O/c1-12-9-16(21)10-18-17(13(2)24-19(12)18)7-8-23-20(25)15-5-3-14(11-22)4-6-15/h3-6,9-10,24H,7-8,11,22H2,1-2H3,(H,23,25). The van der Waals surface area contributed by atoms with Gasteiger partial charge in [0, 0.05) is 40.3 Å². The van der Waals surface area contributed by atoms with Crippen molar-refractivity contribution < 1.29 is 4.79 Å². The number of halogens is 1. The first kappa shape index (κ1) is 17.5. The average Bonchev–Trinajstić information content (AvgIpc) is 2.91. The molecule has 0 fully saturated rings. The van der Waals surface area contributed by atoms with E-state index in [0.29, 0.717) is 18.7 Å². The molecule has 1 amide bonds. The fourth-order valence-electron chi connectivity index (χ4n) is 3.13. The van der Waals surface area contributed by atoms with Crippen molar-refractivity contribution in [3.05, 3.63) is 69.4 Å². The third kappa shape index (κ3) is 3.70. The molecule has 0 saturated heterocycles. The van der Waals surface area contributed by atoms with Gasteiger partial charge in [-0.2, -0.15) is 0 Å². The molecule has 4 nitrogen and oxygen atoms in total. The van der Waals surface area contributed by atoms with Gasteiger partial charge >= 0.3 is 0 Å². The van der Waals surface area contributed by atoms with Gasteiger partial charge in [0.15, 0.2) is 0 Å². The normalized spacial score (nSPS) is 11.0. The van der Waals surface area contributed by atoms with Gasteiger partial charge in [0.25, 0.3) is 5.91 Å². The van der Waals surface area contributed by atoms with Gasteiger partial charge in [-0.05, 0) is 61.2 Å². The van der Waals surface area contributed by atoms with Crippen molar-refractivity contribution in [2.24, 2.45) is 5.73 Å². The van der Waals surface area contributed by atoms with Gasteiger partial charge in [0.2, 0.25) is 0 Å². The highest BCUT2D eigenvalue weighted by molar-refractivity contribution is 6.31. The highest BCUT2D eigenvalue weighted by Crippen LogP contribution is 2.28. The molecule has 0 aliphatic carbocycles. The zero-order valence-corrected chi connectivity index (χ0v) is 15.2. The van der Waals surface area contributed by atoms with E-state index >= 15 is 0 Å². The Morgan fingerprint density at radius 2 is 1.92 bits per heavy atom. The zero-order valence-electron chi connectivity index (χ0n) is 14.4. The summed E-state index contributed by atoms with van der Waals surface area (Å²) in [5.74, 6) is -0.0738. The van der Waals surface area contributed by atoms with Gasteiger partial charge < -0.3 is 16.0 Å². The predicted molar refractivity (Wildman–Crippen MR) is 103 cm³/mol. The summed E-state index contributed by atoms with van der Waals surface area (Å²) < 4.78 is 0. The Morgan fingerprint density at radius 3 is 2.60 bits per heavy atom. The second-order valence-electron chi connectivity index (χ2n) is 6.28. The SMILES string of the molecule is Cc1[nH]c2c(C)cc(Cl)cc2c1CCNC(=O)c1ccc(CN)cc1. The molecule has 0 aliphatic heterocycles. The number of hydrogen-bond acceptors (Lipinski definition) is 2. The van der Waals surface area contributed by atoms with E-state index in [0.717, 1.165) is 39.2 Å². The Hall–Kier alpha value is -2.30. The Bertz CT molecular complexity index is 913. The number of aromatic nitrogens is 1. The maximum atomic E-state index is 12.3. The number of nitrogens with two attached hydrogens (primary N) is 1. The lowest BCUT2D eigenvalue weighted by molar-refractivity contribution is 0.0954. The largest absolute Gasteiger partial charge is 0.358 e. The van der Waals surface area contributed by atoms with E-state index in [2.05, 4.69) is 17.2 Å². The number of carbonyl (C=O) groups is 1. The van der Waals surface area contributed by atoms with E-state index in [1.54, 1.807) is 12.1 Å². The number of amides is 1. The minimum absolute atomic E-state index is 0.0738. The van der Waals surface area contributed by atoms with Crippen LogP contribution >= 0.6 is 11.6 Å². The molecule has 3 aromatic rings. The van der Waals surface area contributed by atoms with Crippen molar-refractivity contribution in [3.63, 3.8) is 0 Å². The van der Waals surface area contributed by atoms with E-state index in [1.165, 1.54) is 5.56 Å². The second-order valence-corrected chi connectivity index (χ2v) is 6.72. The molecule has 5 heteroatoms. The summed E-state index contributed by atoms with van der Waals surface area (Å²) in [5, 5.41) is 4.84. The van der Waals surface area contributed by atoms with Crippen LogP contribution in [0.25, 0.3) is 10.9 Å². The molecule has 0 bridgehead atoms. The van der Waals surface area contributed by atoms with Crippen LogP contribution in [0.5, 0.6) is 0 Å². The fraction of sp³-hybridized carbons (Fsp3) is 0.250. The molecule has 0 spiro atoms. The van der Waals surface area contributed by atoms with E-state index in [-0.39, 0.29) is 5.91 Å². The second kappa shape index (κ2) is 7.30. The highest BCUT2D eigenvalue weighted by atomic mass is 35.5. The van der Waals surface area contributed by atoms with Crippen molar-refractivity contribution in [3.8, 4) is 0 Å². The number of H-pyrrole nitrogens is 1. The smallest absolute Gasteiger partial charge is 0.251 e. The first-order valence-electron chi connectivity index (χ1n) is 8.34. The Morgan fingerprint density at radius 1 is 1.20 bits per heavy atom. The van der Waals surface area contributed by atoms with E-state index in [4.69, 9.17) is 17.3 Å². The van der Waals surface area contributed by atoms with Crippen molar-refractivity contribution in [1.82, 2.24) is 10.3 Å². The van der Waals surface area contributed by atoms with E-state index in [1.807, 2.05) is 31.2 Å². The topological polar surface area (TPSA) is 70.9 Å². The third-order valence-electron chi connectivity index (χ3n) is 4.50. The summed E-state index contributed by atoms with van der Waals surface area (Å²) in [5.41, 5.74) is 11.8. The number of rotatable bonds is 5. The molecular formula is C20H22ClN3O. The number of nitrogens with one attached hydrogen (secondary N) is 2. The molecule has 0 aliphatic rings. The summed E-state index contributed by atoms with van der Waals surface area (Å²) >= 11 is 6.20. The Kier molecular flexibility index (Phi) is 5.11. The summed E-state index contributed by atoms with van der Waals surface area (Å²) in [6.45, 7) is 5.14. The Labute approximate surface area is 152 Å².